The topological polar surface area (TPSA) is 84.0 Å². The summed E-state index contributed by atoms with van der Waals surface area (Å²) in [7, 11) is 1.65. The summed E-state index contributed by atoms with van der Waals surface area (Å²) in [6, 6.07) is 26.3. The van der Waals surface area contributed by atoms with Gasteiger partial charge in [-0.2, -0.15) is 5.26 Å². The SMILES string of the molecule is COc1cccc(C2C(C#N)=C(N)NC3=C2CCc2nc4ccc(Cl)cc4c(-c4ccccc4)c23)c1. The molecule has 2 aliphatic rings. The lowest BCUT2D eigenvalue weighted by atomic mass is 9.74. The molecular formula is C30H23ClN4O. The van der Waals surface area contributed by atoms with Crippen molar-refractivity contribution < 1.29 is 4.74 Å². The molecule has 0 saturated carbocycles. The molecule has 3 aromatic carbocycles. The van der Waals surface area contributed by atoms with Gasteiger partial charge < -0.3 is 15.8 Å². The molecule has 0 saturated heterocycles. The summed E-state index contributed by atoms with van der Waals surface area (Å²) in [5.41, 5.74) is 15.1. The molecular weight excluding hydrogens is 468 g/mol. The van der Waals surface area contributed by atoms with Crippen LogP contribution in [0.25, 0.3) is 27.7 Å². The number of allylic oxidation sites excluding steroid dienone is 2. The number of halogens is 1. The lowest BCUT2D eigenvalue weighted by Crippen LogP contribution is -2.32. The summed E-state index contributed by atoms with van der Waals surface area (Å²) in [6.07, 6.45) is 1.52. The highest BCUT2D eigenvalue weighted by Gasteiger charge is 2.36. The third kappa shape index (κ3) is 3.50. The summed E-state index contributed by atoms with van der Waals surface area (Å²) in [5.74, 6) is 0.836. The van der Waals surface area contributed by atoms with E-state index in [9.17, 15) is 5.26 Å². The molecule has 1 unspecified atom stereocenters. The number of dihydropyridines is 1. The summed E-state index contributed by atoms with van der Waals surface area (Å²) >= 11 is 6.46. The number of hydrogen-bond acceptors (Lipinski definition) is 5. The summed E-state index contributed by atoms with van der Waals surface area (Å²) in [6.45, 7) is 0. The second kappa shape index (κ2) is 8.75. The van der Waals surface area contributed by atoms with Crippen molar-refractivity contribution in [2.24, 2.45) is 5.73 Å². The van der Waals surface area contributed by atoms with E-state index >= 15 is 0 Å². The first-order chi connectivity index (χ1) is 17.6. The fourth-order valence-electron chi connectivity index (χ4n) is 5.46. The zero-order valence-electron chi connectivity index (χ0n) is 19.7. The number of nitrogens with zero attached hydrogens (tertiary/aromatic N) is 2. The molecule has 1 atom stereocenters. The Balaban J connectivity index is 1.67. The van der Waals surface area contributed by atoms with Gasteiger partial charge in [-0.05, 0) is 59.9 Å². The number of rotatable bonds is 3. The lowest BCUT2D eigenvalue weighted by molar-refractivity contribution is 0.414. The second-order valence-corrected chi connectivity index (χ2v) is 9.45. The molecule has 176 valence electrons. The quantitative estimate of drug-likeness (QED) is 0.352. The molecule has 0 spiro atoms. The minimum absolute atomic E-state index is 0.270. The van der Waals surface area contributed by atoms with Crippen molar-refractivity contribution in [1.82, 2.24) is 10.3 Å². The first-order valence-corrected chi connectivity index (χ1v) is 12.2. The van der Waals surface area contributed by atoms with Crippen LogP contribution in [0.5, 0.6) is 5.75 Å². The standard InChI is InChI=1S/C30H23ClN4O/c1-36-20-9-5-8-18(14-20)26-21-11-13-25-28(29(21)35-30(33)23(26)16-32)27(17-6-3-2-4-7-17)22-15-19(31)10-12-24(22)34-25/h2-10,12,14-15,26,35H,11,13,33H2,1H3. The predicted molar refractivity (Wildman–Crippen MR) is 143 cm³/mol. The number of methoxy groups -OCH3 is 1. The van der Waals surface area contributed by atoms with Crippen LogP contribution < -0.4 is 15.8 Å². The predicted octanol–water partition coefficient (Wildman–Crippen LogP) is 6.30. The third-order valence-electron chi connectivity index (χ3n) is 7.02. The molecule has 3 N–H and O–H groups in total. The minimum atomic E-state index is -0.270. The average molecular weight is 491 g/mol. The fourth-order valence-corrected chi connectivity index (χ4v) is 5.63. The van der Waals surface area contributed by atoms with Crippen LogP contribution in [-0.2, 0) is 6.42 Å². The zero-order chi connectivity index (χ0) is 24.8. The number of hydrogen-bond donors (Lipinski definition) is 2. The van der Waals surface area contributed by atoms with E-state index < -0.39 is 0 Å². The molecule has 1 aromatic heterocycles. The largest absolute Gasteiger partial charge is 0.497 e. The van der Waals surface area contributed by atoms with Gasteiger partial charge in [-0.3, -0.25) is 4.98 Å². The zero-order valence-corrected chi connectivity index (χ0v) is 20.4. The van der Waals surface area contributed by atoms with E-state index in [4.69, 9.17) is 27.1 Å². The van der Waals surface area contributed by atoms with Crippen LogP contribution in [0, 0.1) is 11.3 Å². The second-order valence-electron chi connectivity index (χ2n) is 9.01. The van der Waals surface area contributed by atoms with Crippen molar-refractivity contribution in [3.05, 3.63) is 112 Å². The Labute approximate surface area is 214 Å². The van der Waals surface area contributed by atoms with E-state index in [1.807, 2.05) is 60.7 Å². The van der Waals surface area contributed by atoms with Crippen LogP contribution in [0.2, 0.25) is 5.02 Å². The molecule has 0 amide bonds. The maximum atomic E-state index is 10.1. The van der Waals surface area contributed by atoms with Crippen molar-refractivity contribution in [1.29, 1.82) is 5.26 Å². The Morgan fingerprint density at radius 3 is 2.64 bits per heavy atom. The number of aromatic nitrogens is 1. The highest BCUT2D eigenvalue weighted by atomic mass is 35.5. The van der Waals surface area contributed by atoms with Crippen molar-refractivity contribution >= 4 is 28.2 Å². The molecule has 1 aliphatic carbocycles. The van der Waals surface area contributed by atoms with E-state index in [0.29, 0.717) is 16.4 Å². The normalized spacial score (nSPS) is 16.8. The summed E-state index contributed by atoms with van der Waals surface area (Å²) < 4.78 is 5.49. The molecule has 6 heteroatoms. The van der Waals surface area contributed by atoms with Crippen LogP contribution in [0.15, 0.2) is 89.8 Å². The van der Waals surface area contributed by atoms with E-state index in [1.54, 1.807) is 7.11 Å². The van der Waals surface area contributed by atoms with Gasteiger partial charge in [0.1, 0.15) is 11.6 Å². The molecule has 4 aromatic rings. The first-order valence-electron chi connectivity index (χ1n) is 11.8. The maximum Gasteiger partial charge on any atom is 0.119 e. The van der Waals surface area contributed by atoms with E-state index in [2.05, 4.69) is 23.5 Å². The van der Waals surface area contributed by atoms with Gasteiger partial charge in [-0.1, -0.05) is 54.1 Å². The van der Waals surface area contributed by atoms with Crippen molar-refractivity contribution in [2.75, 3.05) is 7.11 Å². The Morgan fingerprint density at radius 1 is 1.03 bits per heavy atom. The molecule has 2 heterocycles. The van der Waals surface area contributed by atoms with Gasteiger partial charge in [-0.25, -0.2) is 0 Å². The van der Waals surface area contributed by atoms with Gasteiger partial charge in [0, 0.05) is 33.2 Å². The Hall–Kier alpha value is -4.27. The van der Waals surface area contributed by atoms with E-state index in [-0.39, 0.29) is 5.92 Å². The molecule has 0 bridgehead atoms. The van der Waals surface area contributed by atoms with Gasteiger partial charge in [0.25, 0.3) is 0 Å². The fraction of sp³-hybridized carbons (Fsp3) is 0.133. The minimum Gasteiger partial charge on any atom is -0.497 e. The number of nitriles is 1. The summed E-state index contributed by atoms with van der Waals surface area (Å²) in [4.78, 5) is 5.05. The van der Waals surface area contributed by atoms with Crippen molar-refractivity contribution in [3.63, 3.8) is 0 Å². The van der Waals surface area contributed by atoms with Gasteiger partial charge in [0.2, 0.25) is 0 Å². The number of fused-ring (bicyclic) bond motifs is 3. The maximum absolute atomic E-state index is 10.1. The molecule has 5 nitrogen and oxygen atoms in total. The van der Waals surface area contributed by atoms with Crippen LogP contribution in [-0.4, -0.2) is 12.1 Å². The van der Waals surface area contributed by atoms with Crippen molar-refractivity contribution in [3.8, 4) is 22.9 Å². The van der Waals surface area contributed by atoms with E-state index in [1.165, 1.54) is 0 Å². The molecule has 6 rings (SSSR count). The number of pyridine rings is 1. The molecule has 36 heavy (non-hydrogen) atoms. The highest BCUT2D eigenvalue weighted by molar-refractivity contribution is 6.31. The average Bonchev–Trinajstić information content (AvgIpc) is 2.91. The first kappa shape index (κ1) is 22.2. The number of nitrogens with two attached hydrogens (primary N) is 1. The van der Waals surface area contributed by atoms with Crippen LogP contribution in [0.4, 0.5) is 0 Å². The van der Waals surface area contributed by atoms with Crippen LogP contribution in [0.3, 0.4) is 0 Å². The van der Waals surface area contributed by atoms with Crippen LogP contribution in [0.1, 0.15) is 29.2 Å². The Kier molecular flexibility index (Phi) is 5.40. The van der Waals surface area contributed by atoms with Crippen molar-refractivity contribution in [2.45, 2.75) is 18.8 Å². The van der Waals surface area contributed by atoms with Gasteiger partial charge in [-0.15, -0.1) is 0 Å². The van der Waals surface area contributed by atoms with Gasteiger partial charge in [0.05, 0.1) is 30.0 Å². The number of ether oxygens (including phenoxy) is 1. The summed E-state index contributed by atoms with van der Waals surface area (Å²) in [5, 5.41) is 15.1. The highest BCUT2D eigenvalue weighted by Crippen LogP contribution is 2.48. The van der Waals surface area contributed by atoms with E-state index in [0.717, 1.165) is 68.7 Å². The lowest BCUT2D eigenvalue weighted by Gasteiger charge is -2.35. The van der Waals surface area contributed by atoms with Gasteiger partial charge >= 0.3 is 0 Å². The number of benzene rings is 3. The molecule has 0 fully saturated rings. The van der Waals surface area contributed by atoms with Gasteiger partial charge in [0.15, 0.2) is 0 Å². The number of aryl methyl sites for hydroxylation is 1. The van der Waals surface area contributed by atoms with Crippen LogP contribution >= 0.6 is 11.6 Å². The molecule has 0 radical (unpaired) electrons. The Bertz CT molecular complexity index is 1630. The smallest absolute Gasteiger partial charge is 0.119 e. The third-order valence-corrected chi connectivity index (χ3v) is 7.26. The monoisotopic (exact) mass is 490 g/mol. The Morgan fingerprint density at radius 2 is 1.86 bits per heavy atom. The number of nitrogens with one attached hydrogen (secondary N) is 1. The molecule has 1 aliphatic heterocycles.